The van der Waals surface area contributed by atoms with Crippen molar-refractivity contribution < 1.29 is 4.79 Å². The second kappa shape index (κ2) is 4.98. The van der Waals surface area contributed by atoms with Crippen LogP contribution in [0.4, 0.5) is 0 Å². The number of carbonyl (C=O) groups is 1. The van der Waals surface area contributed by atoms with Gasteiger partial charge < -0.3 is 4.90 Å². The Morgan fingerprint density at radius 3 is 3.05 bits per heavy atom. The number of rotatable bonds is 2. The SMILES string of the molecule is Cc1cnn(C2CCN(C(=O)c3n[nH]c4ccccc34)C2)c1. The molecule has 1 aromatic carbocycles. The average molecular weight is 295 g/mol. The van der Waals surface area contributed by atoms with E-state index in [4.69, 9.17) is 0 Å². The maximum Gasteiger partial charge on any atom is 0.275 e. The quantitative estimate of drug-likeness (QED) is 0.787. The molecule has 0 spiro atoms. The molecule has 0 bridgehead atoms. The largest absolute Gasteiger partial charge is 0.335 e. The van der Waals surface area contributed by atoms with Gasteiger partial charge in [-0.2, -0.15) is 10.2 Å². The predicted octanol–water partition coefficient (Wildman–Crippen LogP) is 2.16. The molecule has 1 saturated heterocycles. The molecule has 1 aliphatic heterocycles. The molecule has 1 N–H and O–H groups in total. The van der Waals surface area contributed by atoms with Crippen molar-refractivity contribution in [3.05, 3.63) is 47.9 Å². The third kappa shape index (κ3) is 2.07. The molecule has 0 radical (unpaired) electrons. The van der Waals surface area contributed by atoms with Crippen molar-refractivity contribution in [3.8, 4) is 0 Å². The summed E-state index contributed by atoms with van der Waals surface area (Å²) in [6.45, 7) is 3.45. The minimum absolute atomic E-state index is 0.0103. The molecule has 6 nitrogen and oxygen atoms in total. The number of amides is 1. The summed E-state index contributed by atoms with van der Waals surface area (Å²) in [6, 6.07) is 7.96. The number of benzene rings is 1. The van der Waals surface area contributed by atoms with Crippen LogP contribution >= 0.6 is 0 Å². The Morgan fingerprint density at radius 1 is 1.36 bits per heavy atom. The highest BCUT2D eigenvalue weighted by Gasteiger charge is 2.30. The number of likely N-dealkylation sites (tertiary alicyclic amines) is 1. The Hall–Kier alpha value is -2.63. The highest BCUT2D eigenvalue weighted by atomic mass is 16.2. The number of hydrogen-bond acceptors (Lipinski definition) is 3. The van der Waals surface area contributed by atoms with Crippen LogP contribution in [0.15, 0.2) is 36.7 Å². The summed E-state index contributed by atoms with van der Waals surface area (Å²) >= 11 is 0. The molecule has 6 heteroatoms. The predicted molar refractivity (Wildman–Crippen MR) is 82.6 cm³/mol. The Labute approximate surface area is 127 Å². The van der Waals surface area contributed by atoms with Crippen molar-refractivity contribution in [2.24, 2.45) is 0 Å². The number of para-hydroxylation sites is 1. The van der Waals surface area contributed by atoms with E-state index < -0.39 is 0 Å². The number of H-pyrrole nitrogens is 1. The Morgan fingerprint density at radius 2 is 2.23 bits per heavy atom. The fraction of sp³-hybridized carbons (Fsp3) is 0.312. The number of hydrogen-bond donors (Lipinski definition) is 1. The zero-order valence-electron chi connectivity index (χ0n) is 12.4. The van der Waals surface area contributed by atoms with Gasteiger partial charge in [-0.1, -0.05) is 18.2 Å². The van der Waals surface area contributed by atoms with Crippen LogP contribution in [0.2, 0.25) is 0 Å². The molecule has 1 atom stereocenters. The van der Waals surface area contributed by atoms with E-state index >= 15 is 0 Å². The van der Waals surface area contributed by atoms with Gasteiger partial charge in [-0.3, -0.25) is 14.6 Å². The zero-order chi connectivity index (χ0) is 15.1. The number of fused-ring (bicyclic) bond motifs is 1. The summed E-state index contributed by atoms with van der Waals surface area (Å²) in [5, 5.41) is 12.4. The lowest BCUT2D eigenvalue weighted by Gasteiger charge is -2.15. The van der Waals surface area contributed by atoms with E-state index in [1.807, 2.05) is 53.2 Å². The van der Waals surface area contributed by atoms with E-state index in [0.29, 0.717) is 12.2 Å². The van der Waals surface area contributed by atoms with Crippen LogP contribution in [-0.2, 0) is 0 Å². The van der Waals surface area contributed by atoms with E-state index in [1.165, 1.54) is 0 Å². The van der Waals surface area contributed by atoms with Crippen LogP contribution < -0.4 is 0 Å². The Bertz CT molecular complexity index is 834. The van der Waals surface area contributed by atoms with Gasteiger partial charge in [0.1, 0.15) is 0 Å². The lowest BCUT2D eigenvalue weighted by Crippen LogP contribution is -2.29. The standard InChI is InChI=1S/C16H17N5O/c1-11-8-17-21(9-11)12-6-7-20(10-12)16(22)15-13-4-2-3-5-14(13)18-19-15/h2-5,8-9,12H,6-7,10H2,1H3,(H,18,19). The minimum atomic E-state index is -0.0103. The molecule has 4 rings (SSSR count). The highest BCUT2D eigenvalue weighted by molar-refractivity contribution is 6.04. The number of nitrogens with zero attached hydrogens (tertiary/aromatic N) is 4. The molecule has 2 aromatic heterocycles. The summed E-state index contributed by atoms with van der Waals surface area (Å²) in [7, 11) is 0. The summed E-state index contributed by atoms with van der Waals surface area (Å²) in [5.41, 5.74) is 2.54. The van der Waals surface area contributed by atoms with E-state index in [1.54, 1.807) is 0 Å². The zero-order valence-corrected chi connectivity index (χ0v) is 12.4. The molecule has 3 heterocycles. The Balaban J connectivity index is 1.57. The van der Waals surface area contributed by atoms with Crippen molar-refractivity contribution in [1.82, 2.24) is 24.9 Å². The van der Waals surface area contributed by atoms with Crippen LogP contribution in [0.1, 0.15) is 28.5 Å². The van der Waals surface area contributed by atoms with Gasteiger partial charge in [-0.25, -0.2) is 0 Å². The molecular formula is C16H17N5O. The summed E-state index contributed by atoms with van der Waals surface area (Å²) in [5.74, 6) is -0.0103. The van der Waals surface area contributed by atoms with Crippen LogP contribution in [0.3, 0.4) is 0 Å². The Kier molecular flexibility index (Phi) is 2.96. The lowest BCUT2D eigenvalue weighted by molar-refractivity contribution is 0.0783. The molecule has 22 heavy (non-hydrogen) atoms. The van der Waals surface area contributed by atoms with Gasteiger partial charge in [-0.15, -0.1) is 0 Å². The summed E-state index contributed by atoms with van der Waals surface area (Å²) in [6.07, 6.45) is 4.81. The second-order valence-corrected chi connectivity index (χ2v) is 5.81. The van der Waals surface area contributed by atoms with Crippen molar-refractivity contribution >= 4 is 16.8 Å². The van der Waals surface area contributed by atoms with E-state index in [2.05, 4.69) is 15.3 Å². The van der Waals surface area contributed by atoms with Crippen LogP contribution in [-0.4, -0.2) is 43.9 Å². The van der Waals surface area contributed by atoms with Crippen molar-refractivity contribution in [1.29, 1.82) is 0 Å². The first-order chi connectivity index (χ1) is 10.7. The molecule has 0 aliphatic carbocycles. The third-order valence-electron chi connectivity index (χ3n) is 4.23. The molecule has 1 aliphatic rings. The van der Waals surface area contributed by atoms with E-state index in [9.17, 15) is 4.79 Å². The van der Waals surface area contributed by atoms with Gasteiger partial charge in [0.2, 0.25) is 0 Å². The fourth-order valence-corrected chi connectivity index (χ4v) is 3.05. The van der Waals surface area contributed by atoms with Crippen molar-refractivity contribution in [2.45, 2.75) is 19.4 Å². The number of aryl methyl sites for hydroxylation is 1. The van der Waals surface area contributed by atoms with Gasteiger partial charge in [0.25, 0.3) is 5.91 Å². The number of aromatic amines is 1. The normalized spacial score (nSPS) is 18.2. The molecule has 3 aromatic rings. The summed E-state index contributed by atoms with van der Waals surface area (Å²) < 4.78 is 1.96. The molecule has 1 fully saturated rings. The smallest absolute Gasteiger partial charge is 0.275 e. The first-order valence-electron chi connectivity index (χ1n) is 7.45. The number of nitrogens with one attached hydrogen (secondary N) is 1. The van der Waals surface area contributed by atoms with Gasteiger partial charge in [-0.05, 0) is 25.0 Å². The van der Waals surface area contributed by atoms with Gasteiger partial charge in [0.05, 0.1) is 17.8 Å². The minimum Gasteiger partial charge on any atom is -0.335 e. The maximum atomic E-state index is 12.7. The molecule has 112 valence electrons. The van der Waals surface area contributed by atoms with Gasteiger partial charge in [0, 0.05) is 24.7 Å². The van der Waals surface area contributed by atoms with Crippen LogP contribution in [0.25, 0.3) is 10.9 Å². The average Bonchev–Trinajstić information content (AvgIpc) is 3.25. The second-order valence-electron chi connectivity index (χ2n) is 5.81. The fourth-order valence-electron chi connectivity index (χ4n) is 3.05. The molecule has 0 saturated carbocycles. The maximum absolute atomic E-state index is 12.7. The van der Waals surface area contributed by atoms with Crippen LogP contribution in [0.5, 0.6) is 0 Å². The van der Waals surface area contributed by atoms with E-state index in [-0.39, 0.29) is 11.9 Å². The third-order valence-corrected chi connectivity index (χ3v) is 4.23. The number of carbonyl (C=O) groups excluding carboxylic acids is 1. The van der Waals surface area contributed by atoms with Crippen molar-refractivity contribution in [2.75, 3.05) is 13.1 Å². The van der Waals surface area contributed by atoms with Crippen LogP contribution in [0, 0.1) is 6.92 Å². The summed E-state index contributed by atoms with van der Waals surface area (Å²) in [4.78, 5) is 14.6. The van der Waals surface area contributed by atoms with Crippen molar-refractivity contribution in [3.63, 3.8) is 0 Å². The van der Waals surface area contributed by atoms with E-state index in [0.717, 1.165) is 29.4 Å². The molecule has 1 amide bonds. The monoisotopic (exact) mass is 295 g/mol. The highest BCUT2D eigenvalue weighted by Crippen LogP contribution is 2.24. The topological polar surface area (TPSA) is 66.8 Å². The first kappa shape index (κ1) is 13.1. The number of aromatic nitrogens is 4. The molecular weight excluding hydrogens is 278 g/mol. The lowest BCUT2D eigenvalue weighted by atomic mass is 10.2. The first-order valence-corrected chi connectivity index (χ1v) is 7.45. The van der Waals surface area contributed by atoms with Gasteiger partial charge in [0.15, 0.2) is 5.69 Å². The molecule has 1 unspecified atom stereocenters. The van der Waals surface area contributed by atoms with Gasteiger partial charge >= 0.3 is 0 Å².